The minimum atomic E-state index is -0.700. The van der Waals surface area contributed by atoms with Crippen molar-refractivity contribution in [1.29, 1.82) is 0 Å². The quantitative estimate of drug-likeness (QED) is 0.877. The molecule has 1 aromatic carbocycles. The van der Waals surface area contributed by atoms with E-state index in [-0.39, 0.29) is 11.9 Å². The molecule has 0 unspecified atom stereocenters. The lowest BCUT2D eigenvalue weighted by molar-refractivity contribution is -0.166. The number of benzene rings is 1. The van der Waals surface area contributed by atoms with E-state index in [1.54, 1.807) is 6.07 Å². The molecule has 0 saturated carbocycles. The van der Waals surface area contributed by atoms with Gasteiger partial charge < -0.3 is 11.5 Å². The second kappa shape index (κ2) is 5.07. The Morgan fingerprint density at radius 3 is 2.74 bits per heavy atom. The first-order valence-electron chi connectivity index (χ1n) is 5.75. The molecule has 0 aromatic heterocycles. The predicted molar refractivity (Wildman–Crippen MR) is 75.4 cm³/mol. The lowest BCUT2D eigenvalue weighted by Gasteiger charge is -2.36. The van der Waals surface area contributed by atoms with Crippen LogP contribution >= 0.6 is 11.6 Å². The zero-order chi connectivity index (χ0) is 14.0. The Hall–Kier alpha value is -1.79. The Kier molecular flexibility index (Phi) is 3.64. The van der Waals surface area contributed by atoms with Gasteiger partial charge in [-0.3, -0.25) is 4.84 Å². The number of hydrogen-bond donors (Lipinski definition) is 2. The van der Waals surface area contributed by atoms with Gasteiger partial charge in [-0.05, 0) is 31.5 Å². The molecule has 2 rings (SSSR count). The third kappa shape index (κ3) is 3.15. The minimum absolute atomic E-state index is 0.144. The summed E-state index contributed by atoms with van der Waals surface area (Å²) < 4.78 is 0. The number of hydroxylamine groups is 2. The summed E-state index contributed by atoms with van der Waals surface area (Å²) in [5, 5.41) is 2.09. The first-order chi connectivity index (χ1) is 8.88. The first-order valence-corrected chi connectivity index (χ1v) is 6.13. The molecule has 4 N–H and O–H groups in total. The fourth-order valence-electron chi connectivity index (χ4n) is 1.78. The van der Waals surface area contributed by atoms with Crippen molar-refractivity contribution >= 4 is 23.5 Å². The highest BCUT2D eigenvalue weighted by atomic mass is 35.5. The number of guanidine groups is 2. The van der Waals surface area contributed by atoms with Crippen molar-refractivity contribution in [3.05, 3.63) is 34.9 Å². The van der Waals surface area contributed by atoms with Gasteiger partial charge in [0.15, 0.2) is 5.66 Å². The first kappa shape index (κ1) is 13.6. The maximum atomic E-state index is 5.91. The molecular weight excluding hydrogens is 266 g/mol. The molecule has 0 atom stereocenters. The van der Waals surface area contributed by atoms with E-state index in [0.29, 0.717) is 11.6 Å². The van der Waals surface area contributed by atoms with Crippen LogP contribution < -0.4 is 11.5 Å². The number of halogens is 1. The third-order valence-corrected chi connectivity index (χ3v) is 2.81. The number of rotatable bonds is 3. The van der Waals surface area contributed by atoms with Crippen LogP contribution in [0.3, 0.4) is 0 Å². The van der Waals surface area contributed by atoms with E-state index in [2.05, 4.69) is 9.98 Å². The van der Waals surface area contributed by atoms with Crippen LogP contribution in [0.25, 0.3) is 0 Å². The fraction of sp³-hybridized carbons (Fsp3) is 0.333. The summed E-state index contributed by atoms with van der Waals surface area (Å²) in [7, 11) is 0. The van der Waals surface area contributed by atoms with E-state index < -0.39 is 5.66 Å². The van der Waals surface area contributed by atoms with E-state index in [0.717, 1.165) is 5.56 Å². The fourth-order valence-corrected chi connectivity index (χ4v) is 2.00. The van der Waals surface area contributed by atoms with Gasteiger partial charge in [0, 0.05) is 5.02 Å². The second-order valence-electron chi connectivity index (χ2n) is 4.63. The Morgan fingerprint density at radius 2 is 2.11 bits per heavy atom. The van der Waals surface area contributed by atoms with Crippen LogP contribution in [0.2, 0.25) is 5.02 Å². The summed E-state index contributed by atoms with van der Waals surface area (Å²) in [6, 6.07) is 7.39. The number of nitrogens with two attached hydrogens (primary N) is 2. The van der Waals surface area contributed by atoms with E-state index in [9.17, 15) is 0 Å². The van der Waals surface area contributed by atoms with Gasteiger partial charge in [-0.2, -0.15) is 10.1 Å². The van der Waals surface area contributed by atoms with Gasteiger partial charge in [-0.25, -0.2) is 4.99 Å². The Bertz CT molecular complexity index is 541. The Balaban J connectivity index is 2.09. The smallest absolute Gasteiger partial charge is 0.226 e. The highest BCUT2D eigenvalue weighted by molar-refractivity contribution is 6.30. The molecule has 7 heteroatoms. The molecule has 1 aromatic rings. The third-order valence-electron chi connectivity index (χ3n) is 2.57. The van der Waals surface area contributed by atoms with Crippen molar-refractivity contribution in [2.24, 2.45) is 21.5 Å². The van der Waals surface area contributed by atoms with E-state index in [4.69, 9.17) is 27.9 Å². The van der Waals surface area contributed by atoms with Crippen LogP contribution in [-0.2, 0) is 11.4 Å². The van der Waals surface area contributed by atoms with Crippen LogP contribution in [-0.4, -0.2) is 22.6 Å². The van der Waals surface area contributed by atoms with Crippen molar-refractivity contribution in [3.8, 4) is 0 Å². The van der Waals surface area contributed by atoms with Crippen LogP contribution in [0.15, 0.2) is 34.3 Å². The largest absolute Gasteiger partial charge is 0.368 e. The summed E-state index contributed by atoms with van der Waals surface area (Å²) in [6.45, 7) is 3.98. The summed E-state index contributed by atoms with van der Waals surface area (Å²) in [5.74, 6) is 0.324. The monoisotopic (exact) mass is 281 g/mol. The standard InChI is InChI=1S/C12H16ClN5O/c1-12(2)17-10(14)16-11(15)18(12)19-7-8-4-3-5-9(13)6-8/h3-6H,7H2,1-2H3,(H4,14,15,16,17). The highest BCUT2D eigenvalue weighted by Crippen LogP contribution is 2.21. The lowest BCUT2D eigenvalue weighted by atomic mass is 10.2. The second-order valence-corrected chi connectivity index (χ2v) is 5.07. The Morgan fingerprint density at radius 1 is 1.37 bits per heavy atom. The molecule has 0 spiro atoms. The topological polar surface area (TPSA) is 89.2 Å². The molecular formula is C12H16ClN5O. The maximum absolute atomic E-state index is 5.91. The Labute approximate surface area is 116 Å². The maximum Gasteiger partial charge on any atom is 0.226 e. The summed E-state index contributed by atoms with van der Waals surface area (Å²) in [4.78, 5) is 13.7. The average Bonchev–Trinajstić information content (AvgIpc) is 2.26. The van der Waals surface area contributed by atoms with Gasteiger partial charge in [0.2, 0.25) is 11.9 Å². The van der Waals surface area contributed by atoms with Crippen molar-refractivity contribution in [2.45, 2.75) is 26.1 Å². The summed E-state index contributed by atoms with van der Waals surface area (Å²) in [6.07, 6.45) is 0. The molecule has 6 nitrogen and oxygen atoms in total. The zero-order valence-electron chi connectivity index (χ0n) is 10.8. The van der Waals surface area contributed by atoms with Crippen LogP contribution in [0.1, 0.15) is 19.4 Å². The molecule has 1 aliphatic heterocycles. The predicted octanol–water partition coefficient (Wildman–Crippen LogP) is 1.45. The van der Waals surface area contributed by atoms with Gasteiger partial charge >= 0.3 is 0 Å². The summed E-state index contributed by atoms with van der Waals surface area (Å²) >= 11 is 5.91. The van der Waals surface area contributed by atoms with Crippen LogP contribution in [0.5, 0.6) is 0 Å². The van der Waals surface area contributed by atoms with E-state index in [1.165, 1.54) is 5.06 Å². The van der Waals surface area contributed by atoms with E-state index >= 15 is 0 Å². The number of hydrogen-bond acceptors (Lipinski definition) is 6. The molecule has 0 saturated heterocycles. The van der Waals surface area contributed by atoms with Gasteiger partial charge in [0.25, 0.3) is 0 Å². The number of nitrogens with zero attached hydrogens (tertiary/aromatic N) is 3. The average molecular weight is 282 g/mol. The molecule has 102 valence electrons. The molecule has 0 amide bonds. The van der Waals surface area contributed by atoms with Crippen molar-refractivity contribution in [1.82, 2.24) is 5.06 Å². The van der Waals surface area contributed by atoms with Crippen LogP contribution in [0.4, 0.5) is 0 Å². The van der Waals surface area contributed by atoms with Gasteiger partial charge in [-0.15, -0.1) is 0 Å². The molecule has 1 heterocycles. The van der Waals surface area contributed by atoms with E-state index in [1.807, 2.05) is 32.0 Å². The molecule has 19 heavy (non-hydrogen) atoms. The zero-order valence-corrected chi connectivity index (χ0v) is 11.6. The molecule has 0 aliphatic carbocycles. The van der Waals surface area contributed by atoms with Gasteiger partial charge in [0.1, 0.15) is 6.61 Å². The van der Waals surface area contributed by atoms with Crippen molar-refractivity contribution in [3.63, 3.8) is 0 Å². The molecule has 0 radical (unpaired) electrons. The van der Waals surface area contributed by atoms with Gasteiger partial charge in [-0.1, -0.05) is 23.7 Å². The SMILES string of the molecule is CC1(C)N=C(N)N=C(N)N1OCc1cccc(Cl)c1. The lowest BCUT2D eigenvalue weighted by Crippen LogP contribution is -2.53. The molecule has 0 bridgehead atoms. The molecule has 1 aliphatic rings. The van der Waals surface area contributed by atoms with Gasteiger partial charge in [0.05, 0.1) is 0 Å². The number of aliphatic imine (C=N–C) groups is 2. The highest BCUT2D eigenvalue weighted by Gasteiger charge is 2.33. The van der Waals surface area contributed by atoms with Crippen LogP contribution in [0, 0.1) is 0 Å². The normalized spacial score (nSPS) is 17.9. The minimum Gasteiger partial charge on any atom is -0.368 e. The van der Waals surface area contributed by atoms with Crippen molar-refractivity contribution in [2.75, 3.05) is 0 Å². The molecule has 0 fully saturated rings. The van der Waals surface area contributed by atoms with Crippen molar-refractivity contribution < 1.29 is 4.84 Å². The summed E-state index contributed by atoms with van der Waals surface area (Å²) in [5.41, 5.74) is 11.6.